The lowest BCUT2D eigenvalue weighted by Crippen LogP contribution is -2.62. The van der Waals surface area contributed by atoms with Gasteiger partial charge in [-0.15, -0.1) is 0 Å². The minimum Gasteiger partial charge on any atom is -0.392 e. The molecule has 0 spiro atoms. The van der Waals surface area contributed by atoms with Gasteiger partial charge in [-0.25, -0.2) is 0 Å². The van der Waals surface area contributed by atoms with E-state index in [2.05, 4.69) is 0 Å². The van der Waals surface area contributed by atoms with Gasteiger partial charge in [0.1, 0.15) is 0 Å². The Labute approximate surface area is 84.9 Å². The zero-order valence-corrected chi connectivity index (χ0v) is 7.78. The topological polar surface area (TPSA) is 40.5 Å². The van der Waals surface area contributed by atoms with E-state index in [1.54, 1.807) is 24.3 Å². The Morgan fingerprint density at radius 2 is 1.93 bits per heavy atom. The molecular weight excluding hydrogens is 204 g/mol. The molecule has 0 saturated carbocycles. The summed E-state index contributed by atoms with van der Waals surface area (Å²) in [4.78, 5) is 12.0. The van der Waals surface area contributed by atoms with Crippen LogP contribution in [0.2, 0.25) is 0 Å². The standard InChI is InChI=1S/C10H9F2NO2/c11-10(12)6-13(9(10)15)8-3-1-7(5-14)2-4-8/h1-4,14H,5-6H2. The quantitative estimate of drug-likeness (QED) is 0.749. The van der Waals surface area contributed by atoms with Gasteiger partial charge in [-0.2, -0.15) is 8.78 Å². The van der Waals surface area contributed by atoms with Gasteiger partial charge in [-0.3, -0.25) is 4.79 Å². The number of benzene rings is 1. The molecule has 1 amide bonds. The van der Waals surface area contributed by atoms with Crippen molar-refractivity contribution in [3.63, 3.8) is 0 Å². The average molecular weight is 213 g/mol. The maximum atomic E-state index is 12.6. The number of carbonyl (C=O) groups is 1. The summed E-state index contributed by atoms with van der Waals surface area (Å²) in [6.45, 7) is -0.672. The van der Waals surface area contributed by atoms with Crippen LogP contribution in [0.5, 0.6) is 0 Å². The molecule has 80 valence electrons. The van der Waals surface area contributed by atoms with Crippen LogP contribution in [-0.4, -0.2) is 23.5 Å². The number of halogens is 2. The summed E-state index contributed by atoms with van der Waals surface area (Å²) in [5.74, 6) is -4.38. The molecule has 0 radical (unpaired) electrons. The Kier molecular flexibility index (Phi) is 2.19. The van der Waals surface area contributed by atoms with E-state index in [1.807, 2.05) is 0 Å². The van der Waals surface area contributed by atoms with E-state index < -0.39 is 18.4 Å². The number of amides is 1. The van der Waals surface area contributed by atoms with E-state index in [4.69, 9.17) is 5.11 Å². The van der Waals surface area contributed by atoms with Crippen molar-refractivity contribution in [2.45, 2.75) is 12.5 Å². The molecule has 15 heavy (non-hydrogen) atoms. The van der Waals surface area contributed by atoms with Crippen molar-refractivity contribution in [3.8, 4) is 0 Å². The number of aliphatic hydroxyl groups is 1. The predicted octanol–water partition coefficient (Wildman–Crippen LogP) is 1.16. The minimum absolute atomic E-state index is 0.107. The molecule has 1 aromatic carbocycles. The number of β-lactam (4-membered cyclic amide) rings is 1. The summed E-state index contributed by atoms with van der Waals surface area (Å²) >= 11 is 0. The SMILES string of the molecule is O=C1N(c2ccc(CO)cc2)CC1(F)F. The molecule has 0 aromatic heterocycles. The molecule has 5 heteroatoms. The molecule has 0 aliphatic carbocycles. The molecule has 1 fully saturated rings. The maximum absolute atomic E-state index is 12.6. The summed E-state index contributed by atoms with van der Waals surface area (Å²) in [7, 11) is 0. The number of hydrogen-bond donors (Lipinski definition) is 1. The number of rotatable bonds is 2. The second-order valence-electron chi connectivity index (χ2n) is 3.42. The average Bonchev–Trinajstić information content (AvgIpc) is 2.26. The summed E-state index contributed by atoms with van der Waals surface area (Å²) in [6.07, 6.45) is 0. The van der Waals surface area contributed by atoms with Gasteiger partial charge in [-0.1, -0.05) is 12.1 Å². The second kappa shape index (κ2) is 3.27. The lowest BCUT2D eigenvalue weighted by molar-refractivity contribution is -0.152. The van der Waals surface area contributed by atoms with E-state index >= 15 is 0 Å². The van der Waals surface area contributed by atoms with Gasteiger partial charge in [0.05, 0.1) is 13.2 Å². The number of aliphatic hydroxyl groups excluding tert-OH is 1. The Hall–Kier alpha value is -1.49. The van der Waals surface area contributed by atoms with Crippen molar-refractivity contribution < 1.29 is 18.7 Å². The molecule has 3 nitrogen and oxygen atoms in total. The first-order valence-electron chi connectivity index (χ1n) is 4.44. The molecule has 1 aliphatic heterocycles. The molecule has 0 bridgehead atoms. The summed E-state index contributed by atoms with van der Waals surface area (Å²) in [6, 6.07) is 6.27. The third-order valence-electron chi connectivity index (χ3n) is 2.35. The largest absolute Gasteiger partial charge is 0.392 e. The highest BCUT2D eigenvalue weighted by atomic mass is 19.3. The Morgan fingerprint density at radius 3 is 2.33 bits per heavy atom. The number of carbonyl (C=O) groups excluding carboxylic acids is 1. The van der Waals surface area contributed by atoms with Gasteiger partial charge in [0, 0.05) is 5.69 Å². The van der Waals surface area contributed by atoms with Crippen LogP contribution in [0.1, 0.15) is 5.56 Å². The molecule has 1 saturated heterocycles. The zero-order valence-electron chi connectivity index (χ0n) is 7.78. The third kappa shape index (κ3) is 1.59. The van der Waals surface area contributed by atoms with Crippen LogP contribution in [0.25, 0.3) is 0 Å². The third-order valence-corrected chi connectivity index (χ3v) is 2.35. The van der Waals surface area contributed by atoms with Gasteiger partial charge in [-0.05, 0) is 17.7 Å². The Bertz CT molecular complexity index is 389. The van der Waals surface area contributed by atoms with E-state index in [0.29, 0.717) is 11.3 Å². The molecular formula is C10H9F2NO2. The van der Waals surface area contributed by atoms with Gasteiger partial charge in [0.15, 0.2) is 0 Å². The van der Waals surface area contributed by atoms with Crippen LogP contribution in [0.3, 0.4) is 0 Å². The highest BCUT2D eigenvalue weighted by Crippen LogP contribution is 2.33. The number of nitrogens with zero attached hydrogens (tertiary/aromatic N) is 1. The number of alkyl halides is 2. The van der Waals surface area contributed by atoms with Crippen molar-refractivity contribution in [1.29, 1.82) is 0 Å². The number of anilines is 1. The highest BCUT2D eigenvalue weighted by Gasteiger charge is 2.54. The highest BCUT2D eigenvalue weighted by molar-refractivity contribution is 6.05. The smallest absolute Gasteiger partial charge is 0.342 e. The normalized spacial score (nSPS) is 18.9. The van der Waals surface area contributed by atoms with Gasteiger partial charge in [0.2, 0.25) is 0 Å². The van der Waals surface area contributed by atoms with E-state index in [9.17, 15) is 13.6 Å². The molecule has 1 aliphatic rings. The number of hydrogen-bond acceptors (Lipinski definition) is 2. The fourth-order valence-electron chi connectivity index (χ4n) is 1.43. The predicted molar refractivity (Wildman–Crippen MR) is 49.7 cm³/mol. The first-order chi connectivity index (χ1) is 7.04. The van der Waals surface area contributed by atoms with Crippen LogP contribution >= 0.6 is 0 Å². The first-order valence-corrected chi connectivity index (χ1v) is 4.44. The van der Waals surface area contributed by atoms with Crippen LogP contribution in [0, 0.1) is 0 Å². The zero-order chi connectivity index (χ0) is 11.1. The van der Waals surface area contributed by atoms with Crippen LogP contribution in [0.15, 0.2) is 24.3 Å². The fraction of sp³-hybridized carbons (Fsp3) is 0.300. The van der Waals surface area contributed by atoms with Gasteiger partial charge >= 0.3 is 5.92 Å². The van der Waals surface area contributed by atoms with E-state index in [0.717, 1.165) is 4.90 Å². The van der Waals surface area contributed by atoms with E-state index in [1.165, 1.54) is 0 Å². The molecule has 1 heterocycles. The maximum Gasteiger partial charge on any atom is 0.342 e. The molecule has 1 aromatic rings. The van der Waals surface area contributed by atoms with Crippen LogP contribution in [-0.2, 0) is 11.4 Å². The van der Waals surface area contributed by atoms with Gasteiger partial charge < -0.3 is 10.0 Å². The Balaban J connectivity index is 2.16. The van der Waals surface area contributed by atoms with Crippen LogP contribution < -0.4 is 4.90 Å². The lowest BCUT2D eigenvalue weighted by Gasteiger charge is -2.37. The van der Waals surface area contributed by atoms with Crippen molar-refractivity contribution in [3.05, 3.63) is 29.8 Å². The first kappa shape index (κ1) is 10.0. The van der Waals surface area contributed by atoms with Gasteiger partial charge in [0.25, 0.3) is 5.91 Å². The lowest BCUT2D eigenvalue weighted by atomic mass is 10.1. The van der Waals surface area contributed by atoms with Crippen molar-refractivity contribution in [1.82, 2.24) is 0 Å². The molecule has 1 N–H and O–H groups in total. The van der Waals surface area contributed by atoms with E-state index in [-0.39, 0.29) is 6.61 Å². The molecule has 0 unspecified atom stereocenters. The van der Waals surface area contributed by atoms with Crippen molar-refractivity contribution >= 4 is 11.6 Å². The summed E-state index contributed by atoms with van der Waals surface area (Å²) < 4.78 is 25.2. The second-order valence-corrected chi connectivity index (χ2v) is 3.42. The fourth-order valence-corrected chi connectivity index (χ4v) is 1.43. The minimum atomic E-state index is -3.21. The summed E-state index contributed by atoms with van der Waals surface area (Å²) in [5, 5.41) is 8.77. The van der Waals surface area contributed by atoms with Crippen molar-refractivity contribution in [2.75, 3.05) is 11.4 Å². The van der Waals surface area contributed by atoms with Crippen molar-refractivity contribution in [2.24, 2.45) is 0 Å². The molecule has 2 rings (SSSR count). The summed E-state index contributed by atoms with van der Waals surface area (Å²) in [5.41, 5.74) is 1.11. The molecule has 0 atom stereocenters. The van der Waals surface area contributed by atoms with Crippen LogP contribution in [0.4, 0.5) is 14.5 Å². The Morgan fingerprint density at radius 1 is 1.33 bits per heavy atom. The monoisotopic (exact) mass is 213 g/mol.